The molecule has 0 atom stereocenters. The zero-order valence-corrected chi connectivity index (χ0v) is 12.8. The number of hydrogen-bond donors (Lipinski definition) is 1. The smallest absolute Gasteiger partial charge is 0.759 e. The minimum absolute atomic E-state index is 0. The van der Waals surface area contributed by atoms with E-state index in [2.05, 4.69) is 0 Å². The number of rotatable bonds is 0. The molecule has 0 bridgehead atoms. The Balaban J connectivity index is -0.000000159. The largest absolute Gasteiger partial charge is 1.00 e. The first kappa shape index (κ1) is 20.3. The SMILES string of the molecule is Nc1ccccc1.O=S(=O)([O-])[O-].[Na+].[Na+]. The van der Waals surface area contributed by atoms with Crippen molar-refractivity contribution in [2.45, 2.75) is 0 Å². The second kappa shape index (κ2) is 10.4. The third-order valence-electron chi connectivity index (χ3n) is 0.800. The molecule has 5 nitrogen and oxygen atoms in total. The van der Waals surface area contributed by atoms with Crippen LogP contribution in [0.3, 0.4) is 0 Å². The van der Waals surface area contributed by atoms with Gasteiger partial charge in [0.1, 0.15) is 0 Å². The van der Waals surface area contributed by atoms with E-state index >= 15 is 0 Å². The third kappa shape index (κ3) is 23.1. The van der Waals surface area contributed by atoms with Gasteiger partial charge in [-0.05, 0) is 12.1 Å². The van der Waals surface area contributed by atoms with E-state index in [0.717, 1.165) is 5.69 Å². The van der Waals surface area contributed by atoms with E-state index in [1.165, 1.54) is 0 Å². The van der Waals surface area contributed by atoms with Crippen LogP contribution in [0.2, 0.25) is 0 Å². The summed E-state index contributed by atoms with van der Waals surface area (Å²) in [6.45, 7) is 0. The summed E-state index contributed by atoms with van der Waals surface area (Å²) in [5.74, 6) is 0. The molecule has 0 aliphatic carbocycles. The number of hydrogen-bond acceptors (Lipinski definition) is 5. The first-order valence-electron chi connectivity index (χ1n) is 2.87. The van der Waals surface area contributed by atoms with Crippen molar-refractivity contribution in [2.75, 3.05) is 5.73 Å². The zero-order valence-electron chi connectivity index (χ0n) is 8.01. The van der Waals surface area contributed by atoms with E-state index < -0.39 is 10.4 Å². The van der Waals surface area contributed by atoms with Gasteiger partial charge in [0.05, 0.1) is 0 Å². The van der Waals surface area contributed by atoms with Crippen LogP contribution in [0.15, 0.2) is 30.3 Å². The Morgan fingerprint density at radius 2 is 1.29 bits per heavy atom. The minimum Gasteiger partial charge on any atom is -0.759 e. The van der Waals surface area contributed by atoms with Crippen LogP contribution in [0.25, 0.3) is 0 Å². The predicted octanol–water partition coefficient (Wildman–Crippen LogP) is -6.06. The van der Waals surface area contributed by atoms with Crippen LogP contribution in [0.4, 0.5) is 5.69 Å². The van der Waals surface area contributed by atoms with Crippen LogP contribution in [0.1, 0.15) is 0 Å². The van der Waals surface area contributed by atoms with Crippen molar-refractivity contribution in [3.05, 3.63) is 30.3 Å². The Kier molecular flexibility index (Phi) is 15.1. The zero-order chi connectivity index (χ0) is 9.61. The fourth-order valence-electron chi connectivity index (χ4n) is 0.453. The van der Waals surface area contributed by atoms with Gasteiger partial charge in [0, 0.05) is 16.1 Å². The molecule has 68 valence electrons. The normalized spacial score (nSPS) is 8.43. The summed E-state index contributed by atoms with van der Waals surface area (Å²) >= 11 is 0. The van der Waals surface area contributed by atoms with Crippen LogP contribution < -0.4 is 64.8 Å². The quantitative estimate of drug-likeness (QED) is 0.208. The molecule has 0 saturated heterocycles. The van der Waals surface area contributed by atoms with Crippen LogP contribution >= 0.6 is 0 Å². The molecule has 0 heterocycles. The van der Waals surface area contributed by atoms with Crippen LogP contribution in [0.5, 0.6) is 0 Å². The van der Waals surface area contributed by atoms with Crippen LogP contribution in [0, 0.1) is 0 Å². The van der Waals surface area contributed by atoms with E-state index in [1.54, 1.807) is 0 Å². The molecular formula is C6H7NNa2O4S. The summed E-state index contributed by atoms with van der Waals surface area (Å²) in [4.78, 5) is 0. The maximum atomic E-state index is 8.52. The van der Waals surface area contributed by atoms with Gasteiger partial charge in [-0.1, -0.05) is 18.2 Å². The Labute approximate surface area is 127 Å². The third-order valence-corrected chi connectivity index (χ3v) is 0.800. The minimum atomic E-state index is -5.17. The molecule has 0 fully saturated rings. The Morgan fingerprint density at radius 1 is 1.00 bits per heavy atom. The van der Waals surface area contributed by atoms with E-state index in [1.807, 2.05) is 30.3 Å². The molecular weight excluding hydrogens is 228 g/mol. The Morgan fingerprint density at radius 3 is 1.43 bits per heavy atom. The molecule has 1 aromatic carbocycles. The van der Waals surface area contributed by atoms with Gasteiger partial charge in [0.15, 0.2) is 0 Å². The molecule has 0 aliphatic heterocycles. The topological polar surface area (TPSA) is 106 Å². The number of para-hydroxylation sites is 1. The summed E-state index contributed by atoms with van der Waals surface area (Å²) in [5.41, 5.74) is 6.18. The van der Waals surface area contributed by atoms with Crippen molar-refractivity contribution in [1.82, 2.24) is 0 Å². The maximum absolute atomic E-state index is 8.52. The van der Waals surface area contributed by atoms with Crippen molar-refractivity contribution >= 4 is 16.1 Å². The van der Waals surface area contributed by atoms with Crippen molar-refractivity contribution in [3.63, 3.8) is 0 Å². The summed E-state index contributed by atoms with van der Waals surface area (Å²) < 4.78 is 34.1. The summed E-state index contributed by atoms with van der Waals surface area (Å²) in [7, 11) is -5.17. The molecule has 1 rings (SSSR count). The van der Waals surface area contributed by atoms with Crippen molar-refractivity contribution < 1.29 is 76.6 Å². The second-order valence-electron chi connectivity index (χ2n) is 1.82. The van der Waals surface area contributed by atoms with Gasteiger partial charge in [-0.2, -0.15) is 0 Å². The first-order chi connectivity index (χ1) is 5.39. The molecule has 8 heteroatoms. The van der Waals surface area contributed by atoms with E-state index in [4.69, 9.17) is 23.3 Å². The summed E-state index contributed by atoms with van der Waals surface area (Å²) in [5, 5.41) is 0. The molecule has 0 spiro atoms. The van der Waals surface area contributed by atoms with Gasteiger partial charge < -0.3 is 14.8 Å². The van der Waals surface area contributed by atoms with Crippen molar-refractivity contribution in [3.8, 4) is 0 Å². The van der Waals surface area contributed by atoms with Gasteiger partial charge >= 0.3 is 59.1 Å². The average Bonchev–Trinajstić information content (AvgIpc) is 1.85. The van der Waals surface area contributed by atoms with Gasteiger partial charge in [-0.3, -0.25) is 8.42 Å². The molecule has 1 aromatic rings. The second-order valence-corrected chi connectivity index (χ2v) is 2.64. The van der Waals surface area contributed by atoms with Crippen molar-refractivity contribution in [1.29, 1.82) is 0 Å². The van der Waals surface area contributed by atoms with Crippen molar-refractivity contribution in [2.24, 2.45) is 0 Å². The average molecular weight is 235 g/mol. The number of anilines is 1. The molecule has 0 aliphatic rings. The van der Waals surface area contributed by atoms with E-state index in [9.17, 15) is 0 Å². The van der Waals surface area contributed by atoms with Crippen LogP contribution in [-0.4, -0.2) is 17.5 Å². The molecule has 0 saturated carbocycles. The fourth-order valence-corrected chi connectivity index (χ4v) is 0.453. The van der Waals surface area contributed by atoms with Gasteiger partial charge in [0.2, 0.25) is 0 Å². The number of benzene rings is 1. The van der Waals surface area contributed by atoms with E-state index in [0.29, 0.717) is 0 Å². The Bertz CT molecular complexity index is 308. The molecule has 2 N–H and O–H groups in total. The Hall–Kier alpha value is 0.890. The first-order valence-corrected chi connectivity index (χ1v) is 4.20. The standard InChI is InChI=1S/C6H7N.2Na.H2O4S/c7-6-4-2-1-3-5-6;;;1-5(2,3)4/h1-5H,7H2;;;(H2,1,2,3,4)/q;2*+1;/p-2. The maximum Gasteiger partial charge on any atom is 1.00 e. The molecule has 0 aromatic heterocycles. The summed E-state index contributed by atoms with van der Waals surface area (Å²) in [6.07, 6.45) is 0. The fraction of sp³-hybridized carbons (Fsp3) is 0. The van der Waals surface area contributed by atoms with Crippen LogP contribution in [-0.2, 0) is 10.4 Å². The van der Waals surface area contributed by atoms with E-state index in [-0.39, 0.29) is 59.1 Å². The number of nitrogen functional groups attached to an aromatic ring is 1. The molecule has 14 heavy (non-hydrogen) atoms. The van der Waals surface area contributed by atoms with Gasteiger partial charge in [0.25, 0.3) is 0 Å². The molecule has 0 radical (unpaired) electrons. The predicted molar refractivity (Wildman–Crippen MR) is 41.3 cm³/mol. The van der Waals surface area contributed by atoms with Gasteiger partial charge in [-0.15, -0.1) is 0 Å². The van der Waals surface area contributed by atoms with Gasteiger partial charge in [-0.25, -0.2) is 0 Å². The monoisotopic (exact) mass is 235 g/mol. The summed E-state index contributed by atoms with van der Waals surface area (Å²) in [6, 6.07) is 9.49. The molecule has 0 amide bonds. The molecule has 0 unspecified atom stereocenters. The number of nitrogens with two attached hydrogens (primary N) is 1.